The van der Waals surface area contributed by atoms with Gasteiger partial charge in [-0.05, 0) is 30.3 Å². The van der Waals surface area contributed by atoms with Gasteiger partial charge in [-0.1, -0.05) is 23.4 Å². The molecule has 0 saturated carbocycles. The van der Waals surface area contributed by atoms with Crippen LogP contribution in [0.15, 0.2) is 52.5 Å². The Kier molecular flexibility index (Phi) is 3.45. The first-order valence-corrected chi connectivity index (χ1v) is 5.76. The quantitative estimate of drug-likeness (QED) is 0.810. The molecule has 78 valence electrons. The Labute approximate surface area is 103 Å². The van der Waals surface area contributed by atoms with E-state index in [1.165, 1.54) is 0 Å². The summed E-state index contributed by atoms with van der Waals surface area (Å²) < 4.78 is 0. The normalized spacial score (nSPS) is 9.75. The van der Waals surface area contributed by atoms with E-state index < -0.39 is 0 Å². The molecule has 0 amide bonds. The van der Waals surface area contributed by atoms with E-state index in [0.29, 0.717) is 10.6 Å². The first-order chi connectivity index (χ1) is 7.79. The van der Waals surface area contributed by atoms with E-state index in [1.54, 1.807) is 36.3 Å². The number of nitrogens with zero attached hydrogens (tertiary/aromatic N) is 2. The highest BCUT2D eigenvalue weighted by molar-refractivity contribution is 7.99. The summed E-state index contributed by atoms with van der Waals surface area (Å²) in [5.74, 6) is 0. The molecule has 16 heavy (non-hydrogen) atoms. The van der Waals surface area contributed by atoms with Crippen LogP contribution in [0, 0.1) is 11.3 Å². The lowest BCUT2D eigenvalue weighted by Gasteiger charge is -2.03. The van der Waals surface area contributed by atoms with Crippen LogP contribution in [0.1, 0.15) is 5.56 Å². The van der Waals surface area contributed by atoms with Crippen LogP contribution < -0.4 is 0 Å². The minimum absolute atomic E-state index is 0.573. The Bertz CT molecular complexity index is 534. The van der Waals surface area contributed by atoms with E-state index >= 15 is 0 Å². The summed E-state index contributed by atoms with van der Waals surface area (Å²) in [7, 11) is 0. The molecule has 0 radical (unpaired) electrons. The van der Waals surface area contributed by atoms with Crippen LogP contribution in [0.4, 0.5) is 0 Å². The second-order valence-corrected chi connectivity index (χ2v) is 4.56. The summed E-state index contributed by atoms with van der Waals surface area (Å²) in [6, 6.07) is 11.2. The van der Waals surface area contributed by atoms with Crippen molar-refractivity contribution in [3.63, 3.8) is 0 Å². The maximum atomic E-state index is 8.72. The minimum Gasteiger partial charge on any atom is -0.265 e. The van der Waals surface area contributed by atoms with Crippen molar-refractivity contribution in [3.8, 4) is 6.07 Å². The third-order valence-electron chi connectivity index (χ3n) is 1.94. The Hall–Kier alpha value is -1.50. The molecular weight excluding hydrogens is 240 g/mol. The molecule has 0 aliphatic rings. The SMILES string of the molecule is N#Cc1ccc(Sc2ccncc2)c(Cl)c1. The highest BCUT2D eigenvalue weighted by Gasteiger charge is 2.03. The Morgan fingerprint density at radius 1 is 1.19 bits per heavy atom. The molecule has 1 heterocycles. The van der Waals surface area contributed by atoms with Crippen LogP contribution in [0.3, 0.4) is 0 Å². The fourth-order valence-corrected chi connectivity index (χ4v) is 2.29. The van der Waals surface area contributed by atoms with E-state index in [4.69, 9.17) is 16.9 Å². The van der Waals surface area contributed by atoms with Gasteiger partial charge in [-0.25, -0.2) is 0 Å². The molecule has 0 aliphatic carbocycles. The van der Waals surface area contributed by atoms with E-state index in [0.717, 1.165) is 9.79 Å². The van der Waals surface area contributed by atoms with Crippen molar-refractivity contribution in [1.82, 2.24) is 4.98 Å². The number of nitriles is 1. The van der Waals surface area contributed by atoms with Gasteiger partial charge in [0.15, 0.2) is 0 Å². The molecule has 2 rings (SSSR count). The molecule has 2 aromatic rings. The highest BCUT2D eigenvalue weighted by Crippen LogP contribution is 2.33. The lowest BCUT2D eigenvalue weighted by Crippen LogP contribution is -1.79. The van der Waals surface area contributed by atoms with E-state index in [2.05, 4.69) is 11.1 Å². The average molecular weight is 247 g/mol. The maximum absolute atomic E-state index is 8.72. The Morgan fingerprint density at radius 2 is 1.94 bits per heavy atom. The second-order valence-electron chi connectivity index (χ2n) is 3.04. The standard InChI is InChI=1S/C12H7ClN2S/c13-11-7-9(8-14)1-2-12(11)16-10-3-5-15-6-4-10/h1-7H. The van der Waals surface area contributed by atoms with E-state index in [-0.39, 0.29) is 0 Å². The fourth-order valence-electron chi connectivity index (χ4n) is 1.19. The average Bonchev–Trinajstić information content (AvgIpc) is 2.33. The highest BCUT2D eigenvalue weighted by atomic mass is 35.5. The number of pyridine rings is 1. The predicted octanol–water partition coefficient (Wildman–Crippen LogP) is 3.76. The van der Waals surface area contributed by atoms with Crippen LogP contribution in [0.2, 0.25) is 5.02 Å². The third-order valence-corrected chi connectivity index (χ3v) is 3.45. The van der Waals surface area contributed by atoms with Crippen molar-refractivity contribution < 1.29 is 0 Å². The zero-order valence-electron chi connectivity index (χ0n) is 8.22. The van der Waals surface area contributed by atoms with E-state index in [1.807, 2.05) is 18.2 Å². The van der Waals surface area contributed by atoms with Crippen molar-refractivity contribution in [3.05, 3.63) is 53.3 Å². The number of hydrogen-bond acceptors (Lipinski definition) is 3. The summed E-state index contributed by atoms with van der Waals surface area (Å²) in [6.45, 7) is 0. The number of hydrogen-bond donors (Lipinski definition) is 0. The third kappa shape index (κ3) is 2.54. The summed E-state index contributed by atoms with van der Waals surface area (Å²) in [5.41, 5.74) is 0.573. The largest absolute Gasteiger partial charge is 0.265 e. The van der Waals surface area contributed by atoms with Gasteiger partial charge in [0.2, 0.25) is 0 Å². The van der Waals surface area contributed by atoms with Gasteiger partial charge >= 0.3 is 0 Å². The zero-order valence-corrected chi connectivity index (χ0v) is 9.79. The van der Waals surface area contributed by atoms with Crippen molar-refractivity contribution >= 4 is 23.4 Å². The Balaban J connectivity index is 2.27. The topological polar surface area (TPSA) is 36.7 Å². The second kappa shape index (κ2) is 5.02. The van der Waals surface area contributed by atoms with Gasteiger partial charge in [0.05, 0.1) is 16.7 Å². The first-order valence-electron chi connectivity index (χ1n) is 4.57. The monoisotopic (exact) mass is 246 g/mol. The fraction of sp³-hybridized carbons (Fsp3) is 0. The van der Waals surface area contributed by atoms with Crippen LogP contribution >= 0.6 is 23.4 Å². The number of aromatic nitrogens is 1. The van der Waals surface area contributed by atoms with Gasteiger partial charge in [0, 0.05) is 22.2 Å². The van der Waals surface area contributed by atoms with Gasteiger partial charge < -0.3 is 0 Å². The zero-order chi connectivity index (χ0) is 11.4. The maximum Gasteiger partial charge on any atom is 0.0992 e. The number of rotatable bonds is 2. The Morgan fingerprint density at radius 3 is 2.56 bits per heavy atom. The predicted molar refractivity (Wildman–Crippen MR) is 64.5 cm³/mol. The molecule has 4 heteroatoms. The summed E-state index contributed by atoms with van der Waals surface area (Å²) in [5, 5.41) is 9.32. The van der Waals surface area contributed by atoms with Gasteiger partial charge in [0.25, 0.3) is 0 Å². The number of benzene rings is 1. The lowest BCUT2D eigenvalue weighted by molar-refractivity contribution is 1.26. The summed E-state index contributed by atoms with van der Waals surface area (Å²) >= 11 is 7.62. The van der Waals surface area contributed by atoms with Crippen molar-refractivity contribution in [2.24, 2.45) is 0 Å². The molecule has 0 atom stereocenters. The van der Waals surface area contributed by atoms with Gasteiger partial charge in [-0.15, -0.1) is 0 Å². The molecule has 0 unspecified atom stereocenters. The van der Waals surface area contributed by atoms with Crippen LogP contribution in [-0.2, 0) is 0 Å². The summed E-state index contributed by atoms with van der Waals surface area (Å²) in [6.07, 6.45) is 3.47. The van der Waals surface area contributed by atoms with Crippen LogP contribution in [-0.4, -0.2) is 4.98 Å². The molecule has 1 aromatic carbocycles. The van der Waals surface area contributed by atoms with Crippen LogP contribution in [0.25, 0.3) is 0 Å². The lowest BCUT2D eigenvalue weighted by atomic mass is 10.2. The molecular formula is C12H7ClN2S. The molecule has 2 nitrogen and oxygen atoms in total. The van der Waals surface area contributed by atoms with Gasteiger partial charge in [-0.3, -0.25) is 4.98 Å². The van der Waals surface area contributed by atoms with Crippen molar-refractivity contribution in [2.75, 3.05) is 0 Å². The molecule has 0 fully saturated rings. The van der Waals surface area contributed by atoms with Crippen LogP contribution in [0.5, 0.6) is 0 Å². The first kappa shape index (κ1) is 11.0. The van der Waals surface area contributed by atoms with Gasteiger partial charge in [-0.2, -0.15) is 5.26 Å². The molecule has 0 bridgehead atoms. The minimum atomic E-state index is 0.573. The molecule has 0 saturated heterocycles. The van der Waals surface area contributed by atoms with Gasteiger partial charge in [0.1, 0.15) is 0 Å². The van der Waals surface area contributed by atoms with Crippen molar-refractivity contribution in [2.45, 2.75) is 9.79 Å². The van der Waals surface area contributed by atoms with Crippen molar-refractivity contribution in [1.29, 1.82) is 5.26 Å². The number of halogens is 1. The molecule has 0 N–H and O–H groups in total. The smallest absolute Gasteiger partial charge is 0.0992 e. The summed E-state index contributed by atoms with van der Waals surface area (Å²) in [4.78, 5) is 5.96. The molecule has 0 aliphatic heterocycles. The van der Waals surface area contributed by atoms with E-state index in [9.17, 15) is 0 Å². The molecule has 0 spiro atoms. The molecule has 1 aromatic heterocycles.